The van der Waals surface area contributed by atoms with Gasteiger partial charge in [0.15, 0.2) is 0 Å². The van der Waals surface area contributed by atoms with Crippen molar-refractivity contribution in [2.75, 3.05) is 18.0 Å². The van der Waals surface area contributed by atoms with Crippen LogP contribution in [0.5, 0.6) is 0 Å². The number of rotatable bonds is 3. The highest BCUT2D eigenvalue weighted by Gasteiger charge is 2.34. The van der Waals surface area contributed by atoms with E-state index in [2.05, 4.69) is 4.98 Å². The number of anilines is 2. The van der Waals surface area contributed by atoms with E-state index < -0.39 is 11.6 Å². The van der Waals surface area contributed by atoms with Gasteiger partial charge in [-0.3, -0.25) is 4.79 Å². The Balaban J connectivity index is 1.64. The zero-order chi connectivity index (χ0) is 25.0. The number of nitriles is 1. The van der Waals surface area contributed by atoms with E-state index in [0.717, 1.165) is 11.3 Å². The van der Waals surface area contributed by atoms with Gasteiger partial charge in [0.05, 0.1) is 21.3 Å². The molecule has 35 heavy (non-hydrogen) atoms. The summed E-state index contributed by atoms with van der Waals surface area (Å²) in [6, 6.07) is 9.14. The Morgan fingerprint density at radius 3 is 2.74 bits per heavy atom. The fraction of sp³-hybridized carbons (Fsp3) is 0.160. The van der Waals surface area contributed by atoms with Gasteiger partial charge in [0.1, 0.15) is 28.5 Å². The van der Waals surface area contributed by atoms with Crippen molar-refractivity contribution < 1.29 is 13.6 Å². The zero-order valence-electron chi connectivity index (χ0n) is 18.4. The number of aromatic nitrogens is 1. The number of nitrogens with zero attached hydrogens (tertiary/aromatic N) is 3. The van der Waals surface area contributed by atoms with Crippen LogP contribution in [0.2, 0.25) is 5.02 Å². The van der Waals surface area contributed by atoms with Gasteiger partial charge in [-0.05, 0) is 37.1 Å². The second-order valence-electron chi connectivity index (χ2n) is 8.23. The summed E-state index contributed by atoms with van der Waals surface area (Å²) in [7, 11) is 0. The molecule has 0 fully saturated rings. The number of pyridine rings is 1. The highest BCUT2D eigenvalue weighted by atomic mass is 35.5. The smallest absolute Gasteiger partial charge is 0.254 e. The third kappa shape index (κ3) is 3.49. The largest absolute Gasteiger partial charge is 0.389 e. The van der Waals surface area contributed by atoms with Crippen LogP contribution in [0.25, 0.3) is 21.2 Å². The number of amides is 1. The number of hydrogen-bond acceptors (Lipinski definition) is 6. The summed E-state index contributed by atoms with van der Waals surface area (Å²) in [5.74, 6) is -1.29. The topological polar surface area (TPSA) is 109 Å². The van der Waals surface area contributed by atoms with Crippen molar-refractivity contribution in [1.29, 1.82) is 5.26 Å². The molecule has 1 amide bonds. The third-order valence-corrected chi connectivity index (χ3v) is 7.73. The van der Waals surface area contributed by atoms with Crippen molar-refractivity contribution in [3.05, 3.63) is 75.4 Å². The molecule has 0 bridgehead atoms. The van der Waals surface area contributed by atoms with Gasteiger partial charge in [-0.25, -0.2) is 13.8 Å². The van der Waals surface area contributed by atoms with Crippen molar-refractivity contribution in [3.8, 4) is 17.2 Å². The van der Waals surface area contributed by atoms with Crippen LogP contribution in [-0.2, 0) is 6.42 Å². The van der Waals surface area contributed by atoms with E-state index in [0.29, 0.717) is 11.4 Å². The Morgan fingerprint density at radius 1 is 1.26 bits per heavy atom. The summed E-state index contributed by atoms with van der Waals surface area (Å²) in [5, 5.41) is 9.92. The highest BCUT2D eigenvalue weighted by molar-refractivity contribution is 7.23. The summed E-state index contributed by atoms with van der Waals surface area (Å²) in [6.07, 6.45) is 1.81. The van der Waals surface area contributed by atoms with E-state index in [-0.39, 0.29) is 72.8 Å². The number of halogens is 3. The van der Waals surface area contributed by atoms with Gasteiger partial charge in [0, 0.05) is 40.4 Å². The average molecular weight is 510 g/mol. The van der Waals surface area contributed by atoms with E-state index in [1.54, 1.807) is 23.2 Å². The number of nitrogen functional groups attached to an aromatic ring is 2. The van der Waals surface area contributed by atoms with Gasteiger partial charge in [-0.1, -0.05) is 23.7 Å². The predicted molar refractivity (Wildman–Crippen MR) is 133 cm³/mol. The van der Waals surface area contributed by atoms with E-state index in [1.165, 1.54) is 18.2 Å². The van der Waals surface area contributed by atoms with Crippen LogP contribution in [0.1, 0.15) is 40.0 Å². The Kier molecular flexibility index (Phi) is 5.58. The monoisotopic (exact) mass is 509 g/mol. The fourth-order valence-electron chi connectivity index (χ4n) is 4.66. The first-order chi connectivity index (χ1) is 16.7. The van der Waals surface area contributed by atoms with Crippen LogP contribution in [0, 0.1) is 23.0 Å². The van der Waals surface area contributed by atoms with Gasteiger partial charge in [-0.2, -0.15) is 5.26 Å². The standard InChI is InChI=1S/C25H18ClF2N5OS/c1-11(12-3-2-7-32-23(12)30)33-8-6-13-15(25(33)34)9-17(26)20(21(13)28)14-4-5-18(27)22-19(14)16(10-29)24(31)35-22/h2-5,7,9,11H,6,8,31H2,1H3,(H2,30,32). The van der Waals surface area contributed by atoms with E-state index >= 15 is 4.39 Å². The van der Waals surface area contributed by atoms with Crippen LogP contribution in [0.15, 0.2) is 36.5 Å². The Morgan fingerprint density at radius 2 is 2.03 bits per heavy atom. The number of nitrogens with two attached hydrogens (primary N) is 2. The molecule has 5 rings (SSSR count). The predicted octanol–water partition coefficient (Wildman–Crippen LogP) is 5.69. The molecule has 0 spiro atoms. The van der Waals surface area contributed by atoms with Crippen molar-refractivity contribution in [2.45, 2.75) is 19.4 Å². The van der Waals surface area contributed by atoms with Gasteiger partial charge in [0.2, 0.25) is 0 Å². The van der Waals surface area contributed by atoms with Crippen molar-refractivity contribution in [2.24, 2.45) is 0 Å². The lowest BCUT2D eigenvalue weighted by molar-refractivity contribution is 0.0671. The lowest BCUT2D eigenvalue weighted by atomic mass is 9.90. The molecule has 4 N–H and O–H groups in total. The first kappa shape index (κ1) is 23.0. The molecule has 4 aromatic rings. The molecule has 1 aliphatic heterocycles. The maximum Gasteiger partial charge on any atom is 0.254 e. The molecule has 2 aromatic carbocycles. The van der Waals surface area contributed by atoms with E-state index in [4.69, 9.17) is 23.1 Å². The molecule has 0 aliphatic carbocycles. The molecular weight excluding hydrogens is 492 g/mol. The molecular formula is C25H18ClF2N5OS. The number of carbonyl (C=O) groups is 1. The first-order valence-corrected chi connectivity index (χ1v) is 11.9. The van der Waals surface area contributed by atoms with Crippen molar-refractivity contribution >= 4 is 49.7 Å². The quantitative estimate of drug-likeness (QED) is 0.368. The van der Waals surface area contributed by atoms with Gasteiger partial charge >= 0.3 is 0 Å². The number of thiophene rings is 1. The van der Waals surface area contributed by atoms with Crippen LogP contribution < -0.4 is 11.5 Å². The molecule has 1 unspecified atom stereocenters. The van der Waals surface area contributed by atoms with Crippen molar-refractivity contribution in [3.63, 3.8) is 0 Å². The van der Waals surface area contributed by atoms with E-state index in [9.17, 15) is 14.4 Å². The summed E-state index contributed by atoms with van der Waals surface area (Å²) in [6.45, 7) is 2.09. The SMILES string of the molecule is CC(c1cccnc1N)N1CCc2c(cc(Cl)c(-c3ccc(F)c4sc(N)c(C#N)c34)c2F)C1=O. The summed E-state index contributed by atoms with van der Waals surface area (Å²) in [4.78, 5) is 19.1. The minimum atomic E-state index is -0.671. The number of hydrogen-bond donors (Lipinski definition) is 2. The minimum absolute atomic E-state index is 0.00974. The lowest BCUT2D eigenvalue weighted by Gasteiger charge is -2.34. The first-order valence-electron chi connectivity index (χ1n) is 10.7. The molecule has 3 heterocycles. The maximum atomic E-state index is 16.0. The minimum Gasteiger partial charge on any atom is -0.389 e. The van der Waals surface area contributed by atoms with Crippen LogP contribution in [0.4, 0.5) is 19.6 Å². The molecule has 6 nitrogen and oxygen atoms in total. The van der Waals surface area contributed by atoms with Gasteiger partial charge < -0.3 is 16.4 Å². The molecule has 2 aromatic heterocycles. The molecule has 0 saturated heterocycles. The molecule has 0 saturated carbocycles. The highest BCUT2D eigenvalue weighted by Crippen LogP contribution is 2.45. The van der Waals surface area contributed by atoms with Crippen molar-refractivity contribution in [1.82, 2.24) is 9.88 Å². The Bertz CT molecular complexity index is 1580. The summed E-state index contributed by atoms with van der Waals surface area (Å²) < 4.78 is 30.6. The second kappa shape index (κ2) is 8.48. The number of benzene rings is 2. The Labute approximate surface area is 208 Å². The van der Waals surface area contributed by atoms with Crippen LogP contribution in [0.3, 0.4) is 0 Å². The lowest BCUT2D eigenvalue weighted by Crippen LogP contribution is -2.40. The number of carbonyl (C=O) groups excluding carboxylic acids is 1. The second-order valence-corrected chi connectivity index (χ2v) is 9.69. The summed E-state index contributed by atoms with van der Waals surface area (Å²) in [5.41, 5.74) is 13.3. The normalized spacial score (nSPS) is 14.1. The molecule has 0 radical (unpaired) electrons. The molecule has 1 aliphatic rings. The molecule has 1 atom stereocenters. The maximum absolute atomic E-state index is 16.0. The van der Waals surface area contributed by atoms with Gasteiger partial charge in [-0.15, -0.1) is 11.3 Å². The number of fused-ring (bicyclic) bond motifs is 2. The van der Waals surface area contributed by atoms with E-state index in [1.807, 2.05) is 13.0 Å². The fourth-order valence-corrected chi connectivity index (χ4v) is 5.90. The Hall–Kier alpha value is -3.74. The third-order valence-electron chi connectivity index (χ3n) is 6.40. The zero-order valence-corrected chi connectivity index (χ0v) is 20.0. The van der Waals surface area contributed by atoms with Crippen LogP contribution >= 0.6 is 22.9 Å². The summed E-state index contributed by atoms with van der Waals surface area (Å²) >= 11 is 7.45. The average Bonchev–Trinajstić information content (AvgIpc) is 3.18. The van der Waals surface area contributed by atoms with Gasteiger partial charge in [0.25, 0.3) is 5.91 Å². The molecule has 176 valence electrons. The van der Waals surface area contributed by atoms with Crippen LogP contribution in [-0.4, -0.2) is 22.3 Å². The molecule has 10 heteroatoms.